The van der Waals surface area contributed by atoms with Crippen LogP contribution in [0.3, 0.4) is 0 Å². The maximum absolute atomic E-state index is 14.0. The van der Waals surface area contributed by atoms with E-state index in [1.54, 1.807) is 35.0 Å². The van der Waals surface area contributed by atoms with Crippen molar-refractivity contribution < 1.29 is 23.9 Å². The fourth-order valence-electron chi connectivity index (χ4n) is 6.73. The lowest BCUT2D eigenvalue weighted by Crippen LogP contribution is -2.57. The number of nitrogens with zero attached hydrogens (tertiary/aromatic N) is 4. The van der Waals surface area contributed by atoms with E-state index in [1.165, 1.54) is 16.7 Å². The summed E-state index contributed by atoms with van der Waals surface area (Å²) in [4.78, 5) is 47.9. The number of anilines is 1. The van der Waals surface area contributed by atoms with Crippen molar-refractivity contribution in [2.75, 3.05) is 44.2 Å². The van der Waals surface area contributed by atoms with E-state index in [1.807, 2.05) is 39.0 Å². The number of piperazine rings is 1. The Bertz CT molecular complexity index is 1600. The summed E-state index contributed by atoms with van der Waals surface area (Å²) in [6.07, 6.45) is 3.61. The molecule has 10 heteroatoms. The zero-order chi connectivity index (χ0) is 34.8. The lowest BCUT2D eigenvalue weighted by atomic mass is 9.95. The number of amides is 3. The Morgan fingerprint density at radius 2 is 1.57 bits per heavy atom. The molecule has 1 saturated carbocycles. The molecule has 1 atom stereocenters. The first-order chi connectivity index (χ1) is 23.4. The van der Waals surface area contributed by atoms with Gasteiger partial charge >= 0.3 is 6.09 Å². The molecule has 1 aromatic heterocycles. The molecule has 0 N–H and O–H groups in total. The number of hydrogen-bond donors (Lipinski definition) is 0. The highest BCUT2D eigenvalue weighted by atomic mass is 32.1. The molecule has 6 rings (SSSR count). The average molecular weight is 687 g/mol. The predicted octanol–water partition coefficient (Wildman–Crippen LogP) is 7.06. The molecule has 3 aromatic rings. The summed E-state index contributed by atoms with van der Waals surface area (Å²) < 4.78 is 11.8. The molecule has 0 spiro atoms. The van der Waals surface area contributed by atoms with E-state index >= 15 is 0 Å². The number of thiophene rings is 1. The van der Waals surface area contributed by atoms with Gasteiger partial charge in [-0.2, -0.15) is 11.3 Å². The molecule has 2 aliphatic heterocycles. The molecule has 49 heavy (non-hydrogen) atoms. The third kappa shape index (κ3) is 8.76. The van der Waals surface area contributed by atoms with Crippen molar-refractivity contribution in [2.45, 2.75) is 84.1 Å². The van der Waals surface area contributed by atoms with Gasteiger partial charge in [0.1, 0.15) is 11.4 Å². The fraction of sp³-hybridized carbons (Fsp3) is 0.513. The summed E-state index contributed by atoms with van der Waals surface area (Å²) in [6, 6.07) is 19.0. The Morgan fingerprint density at radius 1 is 0.857 bits per heavy atom. The van der Waals surface area contributed by atoms with Crippen LogP contribution in [0.2, 0.25) is 0 Å². The van der Waals surface area contributed by atoms with Crippen molar-refractivity contribution in [3.8, 4) is 16.9 Å². The zero-order valence-corrected chi connectivity index (χ0v) is 30.3. The zero-order valence-electron chi connectivity index (χ0n) is 29.5. The van der Waals surface area contributed by atoms with Crippen molar-refractivity contribution in [1.82, 2.24) is 14.7 Å². The van der Waals surface area contributed by atoms with Gasteiger partial charge in [-0.25, -0.2) is 4.79 Å². The minimum absolute atomic E-state index is 0.0682. The van der Waals surface area contributed by atoms with Gasteiger partial charge in [-0.05, 0) is 106 Å². The van der Waals surface area contributed by atoms with Crippen LogP contribution in [0.25, 0.3) is 11.1 Å². The highest BCUT2D eigenvalue weighted by Gasteiger charge is 2.39. The highest BCUT2D eigenvalue weighted by molar-refractivity contribution is 7.08. The van der Waals surface area contributed by atoms with E-state index in [0.717, 1.165) is 37.9 Å². The lowest BCUT2D eigenvalue weighted by molar-refractivity contribution is -0.147. The Kier molecular flexibility index (Phi) is 10.2. The molecule has 3 amide bonds. The van der Waals surface area contributed by atoms with Crippen molar-refractivity contribution in [1.29, 1.82) is 0 Å². The fourth-order valence-corrected chi connectivity index (χ4v) is 7.40. The minimum atomic E-state index is -1.10. The van der Waals surface area contributed by atoms with E-state index in [4.69, 9.17) is 9.47 Å². The minimum Gasteiger partial charge on any atom is -0.478 e. The Labute approximate surface area is 294 Å². The van der Waals surface area contributed by atoms with E-state index in [0.29, 0.717) is 51.1 Å². The van der Waals surface area contributed by atoms with Crippen LogP contribution in [0.1, 0.15) is 65.9 Å². The number of benzene rings is 2. The van der Waals surface area contributed by atoms with Gasteiger partial charge < -0.3 is 29.1 Å². The van der Waals surface area contributed by atoms with Crippen molar-refractivity contribution >= 4 is 34.9 Å². The Morgan fingerprint density at radius 3 is 2.22 bits per heavy atom. The molecule has 0 bridgehead atoms. The van der Waals surface area contributed by atoms with Crippen LogP contribution in [0.4, 0.5) is 10.5 Å². The van der Waals surface area contributed by atoms with Crippen molar-refractivity contribution in [3.05, 3.63) is 70.9 Å². The molecule has 3 fully saturated rings. The molecule has 0 radical (unpaired) electrons. The van der Waals surface area contributed by atoms with Crippen LogP contribution in [-0.2, 0) is 20.9 Å². The monoisotopic (exact) mass is 686 g/mol. The van der Waals surface area contributed by atoms with Gasteiger partial charge in [0.25, 0.3) is 5.91 Å². The summed E-state index contributed by atoms with van der Waals surface area (Å²) >= 11 is 1.70. The van der Waals surface area contributed by atoms with Crippen LogP contribution in [0, 0.1) is 5.92 Å². The number of carbonyl (C=O) groups is 3. The van der Waals surface area contributed by atoms with Crippen molar-refractivity contribution in [2.24, 2.45) is 5.92 Å². The number of ether oxygens (including phenoxy) is 2. The van der Waals surface area contributed by atoms with Crippen LogP contribution < -0.4 is 9.64 Å². The van der Waals surface area contributed by atoms with Crippen molar-refractivity contribution in [3.63, 3.8) is 0 Å². The van der Waals surface area contributed by atoms with E-state index in [2.05, 4.69) is 57.0 Å². The van der Waals surface area contributed by atoms with Gasteiger partial charge in [-0.3, -0.25) is 9.59 Å². The molecule has 9 nitrogen and oxygen atoms in total. The number of piperidine rings is 1. The van der Waals surface area contributed by atoms with Gasteiger partial charge in [-0.15, -0.1) is 0 Å². The van der Waals surface area contributed by atoms with Crippen LogP contribution in [0.15, 0.2) is 65.4 Å². The third-order valence-corrected chi connectivity index (χ3v) is 10.2. The maximum Gasteiger partial charge on any atom is 0.410 e. The predicted molar refractivity (Wildman–Crippen MR) is 194 cm³/mol. The first-order valence-corrected chi connectivity index (χ1v) is 18.5. The second-order valence-corrected chi connectivity index (χ2v) is 15.8. The number of carbonyl (C=O) groups excluding carboxylic acids is 3. The van der Waals surface area contributed by atoms with Gasteiger partial charge in [-0.1, -0.05) is 30.3 Å². The first-order valence-electron chi connectivity index (χ1n) is 17.6. The van der Waals surface area contributed by atoms with Crippen LogP contribution in [0.5, 0.6) is 5.75 Å². The molecule has 262 valence electrons. The van der Waals surface area contributed by atoms with Gasteiger partial charge in [0, 0.05) is 63.6 Å². The average Bonchev–Trinajstić information content (AvgIpc) is 3.78. The van der Waals surface area contributed by atoms with E-state index in [-0.39, 0.29) is 23.8 Å². The molecular formula is C39H50N4O5S. The largest absolute Gasteiger partial charge is 0.478 e. The molecule has 0 unspecified atom stereocenters. The topological polar surface area (TPSA) is 82.6 Å². The molecule has 2 aromatic carbocycles. The smallest absolute Gasteiger partial charge is 0.410 e. The molecule has 1 aliphatic carbocycles. The van der Waals surface area contributed by atoms with Crippen LogP contribution >= 0.6 is 11.3 Å². The first kappa shape index (κ1) is 34.8. The normalized spacial score (nSPS) is 18.6. The summed E-state index contributed by atoms with van der Waals surface area (Å²) in [5.41, 5.74) is 2.93. The standard InChI is InChI=1S/C39H50N4O5S/c1-38(2,3)48-37(46)41-21-19-40(20-22-41)36(45)39(4,5)47-34-10-6-9-33(24-34)42-18-7-8-30(26-42)35(44)43(32-15-16-32)25-28-11-13-29(14-12-28)31-17-23-49-27-31/h6,9-14,17,23-24,27,30,32H,7-8,15-16,18-22,25-26H2,1-5H3/t30-/m1/s1. The lowest BCUT2D eigenvalue weighted by Gasteiger charge is -2.39. The van der Waals surface area contributed by atoms with Crippen LogP contribution in [-0.4, -0.2) is 89.1 Å². The number of rotatable bonds is 9. The van der Waals surface area contributed by atoms with E-state index in [9.17, 15) is 14.4 Å². The molecular weight excluding hydrogens is 637 g/mol. The molecule has 3 aliphatic rings. The summed E-state index contributed by atoms with van der Waals surface area (Å²) in [5.74, 6) is 0.676. The molecule has 2 saturated heterocycles. The summed E-state index contributed by atoms with van der Waals surface area (Å²) in [5, 5.41) is 4.25. The maximum atomic E-state index is 14.0. The molecule has 3 heterocycles. The number of hydrogen-bond acceptors (Lipinski definition) is 7. The van der Waals surface area contributed by atoms with Gasteiger partial charge in [0.15, 0.2) is 5.60 Å². The third-order valence-electron chi connectivity index (χ3n) is 9.49. The second kappa shape index (κ2) is 14.4. The highest BCUT2D eigenvalue weighted by Crippen LogP contribution is 2.34. The summed E-state index contributed by atoms with van der Waals surface area (Å²) in [6.45, 7) is 13.0. The van der Waals surface area contributed by atoms with E-state index < -0.39 is 11.2 Å². The Hall–Kier alpha value is -4.05. The SMILES string of the molecule is CC(C)(C)OC(=O)N1CCN(C(=O)C(C)(C)Oc2cccc(N3CCC[C@@H](C(=O)N(Cc4ccc(-c5ccsc5)cc4)C4CC4)C3)c2)CC1. The van der Waals surface area contributed by atoms with Gasteiger partial charge in [0.05, 0.1) is 5.92 Å². The van der Waals surface area contributed by atoms with Gasteiger partial charge in [0.2, 0.25) is 5.91 Å². The quantitative estimate of drug-likeness (QED) is 0.240. The Balaban J connectivity index is 1.05. The summed E-state index contributed by atoms with van der Waals surface area (Å²) in [7, 11) is 0. The second-order valence-electron chi connectivity index (χ2n) is 15.1.